The van der Waals surface area contributed by atoms with E-state index in [0.29, 0.717) is 0 Å². The third kappa shape index (κ3) is 3.84. The van der Waals surface area contributed by atoms with Gasteiger partial charge in [-0.25, -0.2) is 4.98 Å². The van der Waals surface area contributed by atoms with Crippen LogP contribution < -0.4 is 10.1 Å². The van der Waals surface area contributed by atoms with Crippen molar-refractivity contribution in [2.75, 3.05) is 5.32 Å². The summed E-state index contributed by atoms with van der Waals surface area (Å²) in [5.74, 6) is 1.62. The van der Waals surface area contributed by atoms with Crippen molar-refractivity contribution in [3.05, 3.63) is 84.5 Å². The van der Waals surface area contributed by atoms with Crippen molar-refractivity contribution in [1.82, 2.24) is 9.97 Å². The van der Waals surface area contributed by atoms with Crippen molar-refractivity contribution in [3.8, 4) is 22.8 Å². The summed E-state index contributed by atoms with van der Waals surface area (Å²) in [6.45, 7) is 0. The molecule has 1 N–H and O–H groups in total. The minimum Gasteiger partial charge on any atom is -0.457 e. The molecule has 0 saturated heterocycles. The quantitative estimate of drug-likeness (QED) is 0.501. The van der Waals surface area contributed by atoms with Crippen LogP contribution in [0.1, 0.15) is 0 Å². The van der Waals surface area contributed by atoms with Crippen molar-refractivity contribution < 1.29 is 4.74 Å². The van der Waals surface area contributed by atoms with Gasteiger partial charge in [-0.15, -0.1) is 11.3 Å². The number of aromatic nitrogens is 2. The third-order valence-corrected chi connectivity index (χ3v) is 4.32. The SMILES string of the molecule is c1ccc(Oc2ccc(Nc3nc(-c4ccncc4)cs3)cc2)cc1. The molecule has 4 aromatic rings. The molecule has 0 radical (unpaired) electrons. The highest BCUT2D eigenvalue weighted by atomic mass is 32.1. The van der Waals surface area contributed by atoms with E-state index in [9.17, 15) is 0 Å². The van der Waals surface area contributed by atoms with Crippen LogP contribution in [0.5, 0.6) is 11.5 Å². The number of ether oxygens (including phenoxy) is 1. The third-order valence-electron chi connectivity index (χ3n) is 3.56. The number of pyridine rings is 1. The molecule has 0 unspecified atom stereocenters. The number of thiazole rings is 1. The molecule has 5 heteroatoms. The van der Waals surface area contributed by atoms with E-state index < -0.39 is 0 Å². The van der Waals surface area contributed by atoms with Gasteiger partial charge >= 0.3 is 0 Å². The lowest BCUT2D eigenvalue weighted by Gasteiger charge is -2.07. The largest absolute Gasteiger partial charge is 0.457 e. The molecule has 0 bridgehead atoms. The molecular weight excluding hydrogens is 330 g/mol. The Morgan fingerprint density at radius 2 is 1.52 bits per heavy atom. The first kappa shape index (κ1) is 15.4. The van der Waals surface area contributed by atoms with Crippen LogP contribution in [0, 0.1) is 0 Å². The van der Waals surface area contributed by atoms with Gasteiger partial charge in [0.2, 0.25) is 0 Å². The Balaban J connectivity index is 1.44. The van der Waals surface area contributed by atoms with E-state index >= 15 is 0 Å². The number of para-hydroxylation sites is 1. The Hall–Kier alpha value is -3.18. The number of nitrogens with zero attached hydrogens (tertiary/aromatic N) is 2. The fourth-order valence-electron chi connectivity index (χ4n) is 2.34. The van der Waals surface area contributed by atoms with E-state index in [0.717, 1.165) is 33.6 Å². The summed E-state index contributed by atoms with van der Waals surface area (Å²) in [5.41, 5.74) is 2.97. The summed E-state index contributed by atoms with van der Waals surface area (Å²) in [4.78, 5) is 8.65. The summed E-state index contributed by atoms with van der Waals surface area (Å²) < 4.78 is 5.80. The molecule has 2 heterocycles. The first-order valence-electron chi connectivity index (χ1n) is 7.83. The predicted molar refractivity (Wildman–Crippen MR) is 102 cm³/mol. The van der Waals surface area contributed by atoms with Gasteiger partial charge in [0.1, 0.15) is 11.5 Å². The zero-order chi connectivity index (χ0) is 16.9. The fourth-order valence-corrected chi connectivity index (χ4v) is 3.08. The topological polar surface area (TPSA) is 47.0 Å². The van der Waals surface area contributed by atoms with E-state index in [4.69, 9.17) is 4.74 Å². The standard InChI is InChI=1S/C20H15N3OS/c1-2-4-17(5-3-1)24-18-8-6-16(7-9-18)22-20-23-19(14-25-20)15-10-12-21-13-11-15/h1-14H,(H,22,23). The van der Waals surface area contributed by atoms with E-state index in [1.807, 2.05) is 72.1 Å². The highest BCUT2D eigenvalue weighted by Crippen LogP contribution is 2.28. The van der Waals surface area contributed by atoms with Crippen LogP contribution in [-0.4, -0.2) is 9.97 Å². The Morgan fingerprint density at radius 3 is 2.28 bits per heavy atom. The minimum absolute atomic E-state index is 0.799. The molecule has 122 valence electrons. The molecule has 0 aliphatic carbocycles. The number of anilines is 2. The van der Waals surface area contributed by atoms with Crippen LogP contribution in [0.3, 0.4) is 0 Å². The highest BCUT2D eigenvalue weighted by Gasteiger charge is 2.05. The Morgan fingerprint density at radius 1 is 0.800 bits per heavy atom. The molecule has 0 saturated carbocycles. The maximum atomic E-state index is 5.80. The van der Waals surface area contributed by atoms with Gasteiger partial charge in [-0.3, -0.25) is 4.98 Å². The van der Waals surface area contributed by atoms with Crippen LogP contribution in [0.15, 0.2) is 84.5 Å². The summed E-state index contributed by atoms with van der Waals surface area (Å²) >= 11 is 1.57. The van der Waals surface area contributed by atoms with E-state index in [1.54, 1.807) is 23.7 Å². The van der Waals surface area contributed by atoms with E-state index in [2.05, 4.69) is 15.3 Å². The number of hydrogen-bond donors (Lipinski definition) is 1. The molecule has 4 nitrogen and oxygen atoms in total. The second kappa shape index (κ2) is 7.15. The maximum Gasteiger partial charge on any atom is 0.187 e. The van der Waals surface area contributed by atoms with Crippen molar-refractivity contribution >= 4 is 22.2 Å². The van der Waals surface area contributed by atoms with Crippen LogP contribution in [0.2, 0.25) is 0 Å². The van der Waals surface area contributed by atoms with Crippen molar-refractivity contribution in [3.63, 3.8) is 0 Å². The lowest BCUT2D eigenvalue weighted by molar-refractivity contribution is 0.483. The first-order chi connectivity index (χ1) is 12.4. The van der Waals surface area contributed by atoms with Gasteiger partial charge in [-0.2, -0.15) is 0 Å². The van der Waals surface area contributed by atoms with Gasteiger partial charge in [0.25, 0.3) is 0 Å². The second-order valence-corrected chi connectivity index (χ2v) is 6.20. The summed E-state index contributed by atoms with van der Waals surface area (Å²) in [7, 11) is 0. The van der Waals surface area contributed by atoms with E-state index in [1.165, 1.54) is 0 Å². The Bertz CT molecular complexity index is 938. The van der Waals surface area contributed by atoms with Gasteiger partial charge < -0.3 is 10.1 Å². The monoisotopic (exact) mass is 345 g/mol. The lowest BCUT2D eigenvalue weighted by atomic mass is 10.2. The normalized spacial score (nSPS) is 10.4. The maximum absolute atomic E-state index is 5.80. The molecule has 0 fully saturated rings. The molecule has 0 aliphatic heterocycles. The van der Waals surface area contributed by atoms with E-state index in [-0.39, 0.29) is 0 Å². The molecule has 0 atom stereocenters. The smallest absolute Gasteiger partial charge is 0.187 e. The van der Waals surface area contributed by atoms with Crippen molar-refractivity contribution in [2.24, 2.45) is 0 Å². The molecule has 4 rings (SSSR count). The molecule has 2 aromatic heterocycles. The Labute approximate surface area is 149 Å². The molecule has 25 heavy (non-hydrogen) atoms. The minimum atomic E-state index is 0.799. The van der Waals surface area contributed by atoms with Crippen molar-refractivity contribution in [1.29, 1.82) is 0 Å². The first-order valence-corrected chi connectivity index (χ1v) is 8.71. The molecule has 0 spiro atoms. The average molecular weight is 345 g/mol. The van der Waals surface area contributed by atoms with Gasteiger partial charge in [-0.05, 0) is 48.5 Å². The highest BCUT2D eigenvalue weighted by molar-refractivity contribution is 7.14. The van der Waals surface area contributed by atoms with Crippen LogP contribution in [-0.2, 0) is 0 Å². The predicted octanol–water partition coefficient (Wildman–Crippen LogP) is 5.74. The number of rotatable bonds is 5. The van der Waals surface area contributed by atoms with Gasteiger partial charge in [0.15, 0.2) is 5.13 Å². The van der Waals surface area contributed by atoms with Crippen LogP contribution in [0.4, 0.5) is 10.8 Å². The lowest BCUT2D eigenvalue weighted by Crippen LogP contribution is -1.90. The number of hydrogen-bond acceptors (Lipinski definition) is 5. The van der Waals surface area contributed by atoms with Crippen LogP contribution in [0.25, 0.3) is 11.3 Å². The second-order valence-electron chi connectivity index (χ2n) is 5.34. The van der Waals surface area contributed by atoms with Crippen LogP contribution >= 0.6 is 11.3 Å². The van der Waals surface area contributed by atoms with Crippen molar-refractivity contribution in [2.45, 2.75) is 0 Å². The molecule has 0 amide bonds. The number of benzene rings is 2. The average Bonchev–Trinajstić information content (AvgIpc) is 3.14. The number of nitrogens with one attached hydrogen (secondary N) is 1. The summed E-state index contributed by atoms with van der Waals surface area (Å²) in [6, 6.07) is 21.5. The van der Waals surface area contributed by atoms with Gasteiger partial charge in [-0.1, -0.05) is 18.2 Å². The zero-order valence-electron chi connectivity index (χ0n) is 13.3. The molecular formula is C20H15N3OS. The van der Waals surface area contributed by atoms with Gasteiger partial charge in [0, 0.05) is 29.0 Å². The fraction of sp³-hybridized carbons (Fsp3) is 0. The molecule has 0 aliphatic rings. The zero-order valence-corrected chi connectivity index (χ0v) is 14.1. The molecule has 2 aromatic carbocycles. The Kier molecular flexibility index (Phi) is 4.39. The van der Waals surface area contributed by atoms with Gasteiger partial charge in [0.05, 0.1) is 5.69 Å². The summed E-state index contributed by atoms with van der Waals surface area (Å²) in [6.07, 6.45) is 3.54. The summed E-state index contributed by atoms with van der Waals surface area (Å²) in [5, 5.41) is 6.20.